The highest BCUT2D eigenvalue weighted by Gasteiger charge is 2.27. The Bertz CT molecular complexity index is 741. The second-order valence-electron chi connectivity index (χ2n) is 4.90. The van der Waals surface area contributed by atoms with Gasteiger partial charge in [0.2, 0.25) is 0 Å². The minimum atomic E-state index is -0.293. The number of nitrogens with one attached hydrogen (secondary N) is 2. The van der Waals surface area contributed by atoms with Crippen LogP contribution in [0.4, 0.5) is 0 Å². The lowest BCUT2D eigenvalue weighted by molar-refractivity contribution is 0.102. The van der Waals surface area contributed by atoms with Gasteiger partial charge in [0.25, 0.3) is 0 Å². The van der Waals surface area contributed by atoms with E-state index in [-0.39, 0.29) is 11.8 Å². The minimum absolute atomic E-state index is 0.0388. The number of carbonyl (C=O) groups is 1. The average molecular weight is 329 g/mol. The van der Waals surface area contributed by atoms with Gasteiger partial charge in [0, 0.05) is 22.4 Å². The Labute approximate surface area is 139 Å². The van der Waals surface area contributed by atoms with E-state index in [1.165, 1.54) is 0 Å². The lowest BCUT2D eigenvalue weighted by Crippen LogP contribution is -2.42. The van der Waals surface area contributed by atoms with E-state index >= 15 is 0 Å². The maximum atomic E-state index is 12.7. The molecule has 0 saturated carbocycles. The van der Waals surface area contributed by atoms with Crippen molar-refractivity contribution < 1.29 is 4.79 Å². The monoisotopic (exact) mass is 328 g/mol. The van der Waals surface area contributed by atoms with Crippen LogP contribution in [0.1, 0.15) is 22.0 Å². The van der Waals surface area contributed by atoms with Gasteiger partial charge in [-0.2, -0.15) is 0 Å². The lowest BCUT2D eigenvalue weighted by atomic mass is 9.92. The predicted molar refractivity (Wildman–Crippen MR) is 91.9 cm³/mol. The maximum absolute atomic E-state index is 12.7. The van der Waals surface area contributed by atoms with Gasteiger partial charge < -0.3 is 10.6 Å². The van der Waals surface area contributed by atoms with E-state index in [0.717, 1.165) is 5.56 Å². The lowest BCUT2D eigenvalue weighted by Gasteiger charge is -2.27. The molecule has 2 N–H and O–H groups in total. The predicted octanol–water partition coefficient (Wildman–Crippen LogP) is 3.63. The standard InChI is InChI=1S/C17H13ClN2OS/c18-13-8-6-11(7-9-13)15-14(10-19-17(22)20-15)16(21)12-4-2-1-3-5-12/h1-10,15H,(H2,19,20,22). The minimum Gasteiger partial charge on any atom is -0.351 e. The van der Waals surface area contributed by atoms with Gasteiger partial charge in [0.1, 0.15) is 0 Å². The Morgan fingerprint density at radius 2 is 1.73 bits per heavy atom. The highest BCUT2D eigenvalue weighted by Crippen LogP contribution is 2.27. The normalized spacial score (nSPS) is 17.2. The molecule has 110 valence electrons. The molecule has 0 bridgehead atoms. The fourth-order valence-corrected chi connectivity index (χ4v) is 2.65. The molecule has 1 heterocycles. The first-order valence-electron chi connectivity index (χ1n) is 6.77. The number of benzene rings is 2. The summed E-state index contributed by atoms with van der Waals surface area (Å²) in [5, 5.41) is 7.19. The number of ketones is 1. The molecule has 3 rings (SSSR count). The zero-order valence-corrected chi connectivity index (χ0v) is 13.1. The summed E-state index contributed by atoms with van der Waals surface area (Å²) in [7, 11) is 0. The molecule has 0 fully saturated rings. The molecule has 0 spiro atoms. The molecule has 22 heavy (non-hydrogen) atoms. The third kappa shape index (κ3) is 3.03. The summed E-state index contributed by atoms with van der Waals surface area (Å²) >= 11 is 11.1. The van der Waals surface area contributed by atoms with Crippen LogP contribution in [-0.2, 0) is 0 Å². The molecular weight excluding hydrogens is 316 g/mol. The summed E-state index contributed by atoms with van der Waals surface area (Å²) in [5.74, 6) is -0.0388. The SMILES string of the molecule is O=C(C1=CNC(=S)NC1c1ccc(Cl)cc1)c1ccccc1. The molecule has 0 amide bonds. The average Bonchev–Trinajstić information content (AvgIpc) is 2.56. The van der Waals surface area contributed by atoms with Gasteiger partial charge >= 0.3 is 0 Å². The van der Waals surface area contributed by atoms with Gasteiger partial charge in [-0.1, -0.05) is 54.1 Å². The van der Waals surface area contributed by atoms with Crippen molar-refractivity contribution in [1.29, 1.82) is 0 Å². The summed E-state index contributed by atoms with van der Waals surface area (Å²) in [5.41, 5.74) is 2.19. The Hall–Kier alpha value is -2.17. The Morgan fingerprint density at radius 1 is 1.05 bits per heavy atom. The van der Waals surface area contributed by atoms with Crippen molar-refractivity contribution in [3.63, 3.8) is 0 Å². The second-order valence-corrected chi connectivity index (χ2v) is 5.74. The molecule has 5 heteroatoms. The van der Waals surface area contributed by atoms with Crippen LogP contribution in [0.3, 0.4) is 0 Å². The van der Waals surface area contributed by atoms with Crippen molar-refractivity contribution in [3.05, 3.63) is 82.5 Å². The smallest absolute Gasteiger partial charge is 0.192 e. The highest BCUT2D eigenvalue weighted by atomic mass is 35.5. The first-order chi connectivity index (χ1) is 10.6. The van der Waals surface area contributed by atoms with Crippen LogP contribution in [0.2, 0.25) is 5.02 Å². The van der Waals surface area contributed by atoms with Gasteiger partial charge in [-0.25, -0.2) is 0 Å². The van der Waals surface area contributed by atoms with Gasteiger partial charge in [-0.05, 0) is 29.9 Å². The van der Waals surface area contributed by atoms with Gasteiger partial charge in [0.15, 0.2) is 10.9 Å². The van der Waals surface area contributed by atoms with E-state index in [2.05, 4.69) is 10.6 Å². The number of hydrogen-bond donors (Lipinski definition) is 2. The van der Waals surface area contributed by atoms with Crippen LogP contribution in [0.15, 0.2) is 66.4 Å². The Morgan fingerprint density at radius 3 is 2.41 bits per heavy atom. The summed E-state index contributed by atoms with van der Waals surface area (Å²) < 4.78 is 0. The topological polar surface area (TPSA) is 41.1 Å². The molecule has 0 aromatic heterocycles. The number of Topliss-reactive ketones (excluding diaryl/α,β-unsaturated/α-hetero) is 1. The van der Waals surface area contributed by atoms with Gasteiger partial charge in [0.05, 0.1) is 6.04 Å². The zero-order chi connectivity index (χ0) is 15.5. The van der Waals surface area contributed by atoms with E-state index in [9.17, 15) is 4.79 Å². The zero-order valence-electron chi connectivity index (χ0n) is 11.5. The van der Waals surface area contributed by atoms with Crippen molar-refractivity contribution in [1.82, 2.24) is 10.6 Å². The van der Waals surface area contributed by atoms with E-state index in [4.69, 9.17) is 23.8 Å². The van der Waals surface area contributed by atoms with Gasteiger partial charge in [-0.3, -0.25) is 4.79 Å². The van der Waals surface area contributed by atoms with E-state index in [1.807, 2.05) is 30.3 Å². The summed E-state index contributed by atoms with van der Waals surface area (Å²) in [4.78, 5) is 12.7. The fourth-order valence-electron chi connectivity index (χ4n) is 2.35. The molecule has 0 saturated heterocycles. The molecule has 1 atom stereocenters. The van der Waals surface area contributed by atoms with E-state index in [1.54, 1.807) is 30.5 Å². The largest absolute Gasteiger partial charge is 0.351 e. The number of hydrogen-bond acceptors (Lipinski definition) is 2. The van der Waals surface area contributed by atoms with Crippen molar-refractivity contribution in [3.8, 4) is 0 Å². The number of thiocarbonyl (C=S) groups is 1. The Kier molecular flexibility index (Phi) is 4.22. The first-order valence-corrected chi connectivity index (χ1v) is 7.56. The van der Waals surface area contributed by atoms with Crippen LogP contribution < -0.4 is 10.6 Å². The quantitative estimate of drug-likeness (QED) is 0.667. The summed E-state index contributed by atoms with van der Waals surface area (Å²) in [6, 6.07) is 16.3. The third-order valence-corrected chi connectivity index (χ3v) is 3.93. The van der Waals surface area contributed by atoms with E-state index in [0.29, 0.717) is 21.3 Å². The van der Waals surface area contributed by atoms with Crippen LogP contribution in [-0.4, -0.2) is 10.9 Å². The molecule has 0 aliphatic carbocycles. The molecule has 1 unspecified atom stereocenters. The number of halogens is 1. The number of carbonyl (C=O) groups excluding carboxylic acids is 1. The highest BCUT2D eigenvalue weighted by molar-refractivity contribution is 7.80. The molecule has 1 aliphatic rings. The summed E-state index contributed by atoms with van der Waals surface area (Å²) in [6.45, 7) is 0. The number of rotatable bonds is 3. The molecule has 2 aromatic carbocycles. The maximum Gasteiger partial charge on any atom is 0.192 e. The molecule has 3 nitrogen and oxygen atoms in total. The molecular formula is C17H13ClN2OS. The molecule has 0 radical (unpaired) electrons. The second kappa shape index (κ2) is 6.30. The van der Waals surface area contributed by atoms with Crippen molar-refractivity contribution in [2.24, 2.45) is 0 Å². The summed E-state index contributed by atoms with van der Waals surface area (Å²) in [6.07, 6.45) is 1.67. The van der Waals surface area contributed by atoms with E-state index < -0.39 is 0 Å². The van der Waals surface area contributed by atoms with Crippen LogP contribution >= 0.6 is 23.8 Å². The van der Waals surface area contributed by atoms with Crippen molar-refractivity contribution in [2.75, 3.05) is 0 Å². The fraction of sp³-hybridized carbons (Fsp3) is 0.0588. The third-order valence-electron chi connectivity index (χ3n) is 3.45. The molecule has 2 aromatic rings. The first kappa shape index (κ1) is 14.8. The van der Waals surface area contributed by atoms with Crippen LogP contribution in [0.25, 0.3) is 0 Å². The van der Waals surface area contributed by atoms with Gasteiger partial charge in [-0.15, -0.1) is 0 Å². The van der Waals surface area contributed by atoms with Crippen LogP contribution in [0.5, 0.6) is 0 Å². The van der Waals surface area contributed by atoms with Crippen LogP contribution in [0, 0.1) is 0 Å². The molecule has 1 aliphatic heterocycles. The van der Waals surface area contributed by atoms with Crippen molar-refractivity contribution in [2.45, 2.75) is 6.04 Å². The Balaban J connectivity index is 1.98. The van der Waals surface area contributed by atoms with Crippen molar-refractivity contribution >= 4 is 34.7 Å².